The SMILES string of the molecule is CC[C@@H](C(=O)NC(CC(=O)OC(C)(C)Cc1ccccc1)C(=O)COc1c(F)c(F)cc(F)c1F)n1ccc2ccc(Cl)cc2c1=O. The lowest BCUT2D eigenvalue weighted by Crippen LogP contribution is -2.48. The predicted molar refractivity (Wildman–Crippen MR) is 166 cm³/mol. The summed E-state index contributed by atoms with van der Waals surface area (Å²) in [6, 6.07) is 12.5. The van der Waals surface area contributed by atoms with Gasteiger partial charge in [0.2, 0.25) is 17.5 Å². The van der Waals surface area contributed by atoms with Gasteiger partial charge in [0.1, 0.15) is 24.3 Å². The molecule has 1 aromatic heterocycles. The second-order valence-electron chi connectivity index (χ2n) is 11.4. The first-order valence-corrected chi connectivity index (χ1v) is 14.9. The van der Waals surface area contributed by atoms with E-state index in [1.165, 1.54) is 12.3 Å². The average Bonchev–Trinajstić information content (AvgIpc) is 3.01. The third-order valence-electron chi connectivity index (χ3n) is 7.29. The highest BCUT2D eigenvalue weighted by Gasteiger charge is 2.32. The Labute approximate surface area is 272 Å². The number of amides is 1. The summed E-state index contributed by atoms with van der Waals surface area (Å²) in [5.41, 5.74) is -0.734. The van der Waals surface area contributed by atoms with Gasteiger partial charge in [0.05, 0.1) is 6.42 Å². The average molecular weight is 675 g/mol. The minimum atomic E-state index is -1.87. The standard InChI is InChI=1S/C34H31ClF4N2O6/c1-4-26(41-13-12-20-10-11-21(35)14-22(20)33(41)45)32(44)40-25(16-28(43)47-34(2,3)17-19-8-6-5-7-9-19)27(42)18-46-31-29(38)23(36)15-24(37)30(31)39/h5-15,25-26H,4,16-18H2,1-3H3,(H,40,44)/t25?,26-/m0/s1. The van der Waals surface area contributed by atoms with Gasteiger partial charge in [0.25, 0.3) is 5.56 Å². The van der Waals surface area contributed by atoms with Crippen LogP contribution in [0.15, 0.2) is 71.7 Å². The summed E-state index contributed by atoms with van der Waals surface area (Å²) in [7, 11) is 0. The Kier molecular flexibility index (Phi) is 11.1. The van der Waals surface area contributed by atoms with Crippen LogP contribution in [0.25, 0.3) is 10.8 Å². The highest BCUT2D eigenvalue weighted by Crippen LogP contribution is 2.27. The molecule has 0 spiro atoms. The topological polar surface area (TPSA) is 104 Å². The molecule has 0 aliphatic heterocycles. The first-order valence-electron chi connectivity index (χ1n) is 14.6. The summed E-state index contributed by atoms with van der Waals surface area (Å²) in [4.78, 5) is 53.3. The Morgan fingerprint density at radius 1 is 0.957 bits per heavy atom. The fourth-order valence-corrected chi connectivity index (χ4v) is 5.23. The fraction of sp³-hybridized carbons (Fsp3) is 0.294. The quantitative estimate of drug-likeness (QED) is 0.102. The van der Waals surface area contributed by atoms with Crippen LogP contribution in [0.3, 0.4) is 0 Å². The molecule has 1 unspecified atom stereocenters. The number of rotatable bonds is 13. The molecular weight excluding hydrogens is 644 g/mol. The fourth-order valence-electron chi connectivity index (χ4n) is 5.06. The van der Waals surface area contributed by atoms with E-state index in [0.29, 0.717) is 16.8 Å². The Bertz CT molecular complexity index is 1840. The van der Waals surface area contributed by atoms with Crippen LogP contribution < -0.4 is 15.6 Å². The molecule has 0 radical (unpaired) electrons. The van der Waals surface area contributed by atoms with Crippen molar-refractivity contribution in [1.82, 2.24) is 9.88 Å². The number of ether oxygens (including phenoxy) is 2. The van der Waals surface area contributed by atoms with E-state index in [9.17, 15) is 36.7 Å². The van der Waals surface area contributed by atoms with Gasteiger partial charge in [-0.1, -0.05) is 54.9 Å². The van der Waals surface area contributed by atoms with Crippen LogP contribution in [0.4, 0.5) is 17.6 Å². The third kappa shape index (κ3) is 8.56. The molecule has 0 aliphatic carbocycles. The molecule has 0 saturated carbocycles. The maximum atomic E-state index is 14.2. The minimum absolute atomic E-state index is 0.0247. The molecule has 1 N–H and O–H groups in total. The molecule has 4 rings (SSSR count). The molecule has 2 atom stereocenters. The predicted octanol–water partition coefficient (Wildman–Crippen LogP) is 6.25. The van der Waals surface area contributed by atoms with Crippen LogP contribution >= 0.6 is 11.6 Å². The number of fused-ring (bicyclic) bond motifs is 1. The van der Waals surface area contributed by atoms with Gasteiger partial charge < -0.3 is 19.4 Å². The van der Waals surface area contributed by atoms with E-state index in [2.05, 4.69) is 5.32 Å². The van der Waals surface area contributed by atoms with E-state index in [1.807, 2.05) is 30.3 Å². The van der Waals surface area contributed by atoms with Crippen molar-refractivity contribution in [1.29, 1.82) is 0 Å². The Balaban J connectivity index is 1.59. The van der Waals surface area contributed by atoms with Gasteiger partial charge in [0.15, 0.2) is 23.2 Å². The zero-order valence-corrected chi connectivity index (χ0v) is 26.4. The molecule has 1 heterocycles. The number of carbonyl (C=O) groups is 3. The first-order chi connectivity index (χ1) is 22.2. The summed E-state index contributed by atoms with van der Waals surface area (Å²) in [5.74, 6) is -11.6. The van der Waals surface area contributed by atoms with Gasteiger partial charge in [0, 0.05) is 29.1 Å². The maximum Gasteiger partial charge on any atom is 0.308 e. The van der Waals surface area contributed by atoms with Crippen molar-refractivity contribution in [3.8, 4) is 5.75 Å². The summed E-state index contributed by atoms with van der Waals surface area (Å²) < 4.78 is 67.4. The molecule has 0 fully saturated rings. The van der Waals surface area contributed by atoms with Gasteiger partial charge in [-0.2, -0.15) is 8.78 Å². The molecule has 3 aromatic carbocycles. The van der Waals surface area contributed by atoms with Gasteiger partial charge in [-0.15, -0.1) is 0 Å². The number of halogens is 5. The van der Waals surface area contributed by atoms with Gasteiger partial charge >= 0.3 is 5.97 Å². The van der Waals surface area contributed by atoms with E-state index >= 15 is 0 Å². The van der Waals surface area contributed by atoms with Crippen LogP contribution in [-0.4, -0.2) is 40.5 Å². The van der Waals surface area contributed by atoms with Crippen molar-refractivity contribution in [2.75, 3.05) is 6.61 Å². The Morgan fingerprint density at radius 2 is 1.62 bits per heavy atom. The number of nitrogens with one attached hydrogen (secondary N) is 1. The van der Waals surface area contributed by atoms with Crippen LogP contribution in [0.5, 0.6) is 5.75 Å². The van der Waals surface area contributed by atoms with E-state index in [4.69, 9.17) is 21.1 Å². The van der Waals surface area contributed by atoms with E-state index < -0.39 is 82.9 Å². The minimum Gasteiger partial charge on any atom is -0.479 e. The van der Waals surface area contributed by atoms with Crippen molar-refractivity contribution >= 4 is 40.0 Å². The number of esters is 1. The number of nitrogens with zero attached hydrogens (tertiary/aromatic N) is 1. The van der Waals surface area contributed by atoms with E-state index in [1.54, 1.807) is 39.0 Å². The summed E-state index contributed by atoms with van der Waals surface area (Å²) in [6.45, 7) is 3.72. The molecule has 1 amide bonds. The lowest BCUT2D eigenvalue weighted by atomic mass is 9.98. The number of aromatic nitrogens is 1. The van der Waals surface area contributed by atoms with Crippen molar-refractivity contribution in [3.05, 3.63) is 111 Å². The molecule has 13 heteroatoms. The normalized spacial score (nSPS) is 12.8. The third-order valence-corrected chi connectivity index (χ3v) is 7.52. The molecule has 4 aromatic rings. The molecule has 47 heavy (non-hydrogen) atoms. The first kappa shape index (κ1) is 35.1. The molecule has 248 valence electrons. The largest absolute Gasteiger partial charge is 0.479 e. The van der Waals surface area contributed by atoms with Crippen molar-refractivity contribution in [3.63, 3.8) is 0 Å². The number of Topliss-reactive ketones (excluding diaryl/α,β-unsaturated/α-hetero) is 1. The number of ketones is 1. The summed E-state index contributed by atoms with van der Waals surface area (Å²) in [6.07, 6.45) is 1.04. The van der Waals surface area contributed by atoms with Crippen LogP contribution in [0, 0.1) is 23.3 Å². The van der Waals surface area contributed by atoms with E-state index in [-0.39, 0.29) is 17.9 Å². The maximum absolute atomic E-state index is 14.2. The van der Waals surface area contributed by atoms with Crippen LogP contribution in [-0.2, 0) is 25.5 Å². The Morgan fingerprint density at radius 3 is 2.26 bits per heavy atom. The zero-order chi connectivity index (χ0) is 34.5. The molecule has 0 saturated heterocycles. The molecular formula is C34H31ClF4N2O6. The molecule has 0 bridgehead atoms. The summed E-state index contributed by atoms with van der Waals surface area (Å²) >= 11 is 6.06. The van der Waals surface area contributed by atoms with Crippen molar-refractivity contribution in [2.24, 2.45) is 0 Å². The zero-order valence-electron chi connectivity index (χ0n) is 25.6. The van der Waals surface area contributed by atoms with Crippen LogP contribution in [0.2, 0.25) is 5.02 Å². The molecule has 8 nitrogen and oxygen atoms in total. The summed E-state index contributed by atoms with van der Waals surface area (Å²) in [5, 5.41) is 3.53. The lowest BCUT2D eigenvalue weighted by molar-refractivity contribution is -0.158. The number of pyridine rings is 1. The Hall–Kier alpha value is -4.71. The highest BCUT2D eigenvalue weighted by molar-refractivity contribution is 6.31. The second-order valence-corrected chi connectivity index (χ2v) is 11.8. The number of hydrogen-bond acceptors (Lipinski definition) is 6. The molecule has 0 aliphatic rings. The van der Waals surface area contributed by atoms with Crippen molar-refractivity contribution < 1.29 is 41.4 Å². The number of hydrogen-bond donors (Lipinski definition) is 1. The van der Waals surface area contributed by atoms with Crippen molar-refractivity contribution in [2.45, 2.75) is 57.7 Å². The monoisotopic (exact) mass is 674 g/mol. The number of benzene rings is 3. The van der Waals surface area contributed by atoms with Crippen LogP contribution in [0.1, 0.15) is 45.2 Å². The van der Waals surface area contributed by atoms with E-state index in [0.717, 1.165) is 10.1 Å². The lowest BCUT2D eigenvalue weighted by Gasteiger charge is -2.27. The highest BCUT2D eigenvalue weighted by atomic mass is 35.5. The smallest absolute Gasteiger partial charge is 0.308 e. The number of carbonyl (C=O) groups excluding carboxylic acids is 3. The van der Waals surface area contributed by atoms with Gasteiger partial charge in [-0.05, 0) is 49.4 Å². The van der Waals surface area contributed by atoms with Gasteiger partial charge in [-0.25, -0.2) is 8.78 Å². The second kappa shape index (κ2) is 14.8. The van der Waals surface area contributed by atoms with Gasteiger partial charge in [-0.3, -0.25) is 19.2 Å².